The summed E-state index contributed by atoms with van der Waals surface area (Å²) in [6.45, 7) is 5.26. The van der Waals surface area contributed by atoms with Gasteiger partial charge in [0.1, 0.15) is 9.84 Å². The van der Waals surface area contributed by atoms with Crippen LogP contribution in [0.1, 0.15) is 29.8 Å². The third kappa shape index (κ3) is 3.55. The predicted molar refractivity (Wildman–Crippen MR) is 71.3 cm³/mol. The lowest BCUT2D eigenvalue weighted by Gasteiger charge is -2.05. The van der Waals surface area contributed by atoms with Gasteiger partial charge in [-0.05, 0) is 26.7 Å². The molecule has 0 atom stereocenters. The molecular weight excluding hydrogens is 250 g/mol. The first kappa shape index (κ1) is 13.5. The molecule has 0 radical (unpaired) electrons. The Morgan fingerprint density at radius 1 is 1.39 bits per heavy atom. The van der Waals surface area contributed by atoms with Crippen LogP contribution in [-0.4, -0.2) is 36.2 Å². The van der Waals surface area contributed by atoms with Gasteiger partial charge in [0, 0.05) is 30.1 Å². The van der Waals surface area contributed by atoms with E-state index in [1.165, 1.54) is 24.7 Å². The van der Waals surface area contributed by atoms with Crippen LogP contribution in [0.4, 0.5) is 0 Å². The summed E-state index contributed by atoms with van der Waals surface area (Å²) in [5.41, 5.74) is 3.27. The van der Waals surface area contributed by atoms with Crippen LogP contribution in [0.5, 0.6) is 0 Å². The summed E-state index contributed by atoms with van der Waals surface area (Å²) >= 11 is 0. The van der Waals surface area contributed by atoms with E-state index in [9.17, 15) is 8.42 Å². The van der Waals surface area contributed by atoms with Crippen LogP contribution >= 0.6 is 0 Å². The van der Waals surface area contributed by atoms with E-state index in [1.54, 1.807) is 4.68 Å². The van der Waals surface area contributed by atoms with Crippen molar-refractivity contribution in [2.24, 2.45) is 0 Å². The Balaban J connectivity index is 2.04. The number of rotatable bonds is 6. The molecule has 1 aromatic rings. The second-order valence-corrected chi connectivity index (χ2v) is 7.42. The van der Waals surface area contributed by atoms with Gasteiger partial charge in [-0.3, -0.25) is 4.68 Å². The van der Waals surface area contributed by atoms with Crippen molar-refractivity contribution in [3.8, 4) is 0 Å². The van der Waals surface area contributed by atoms with E-state index >= 15 is 0 Å². The highest BCUT2D eigenvalue weighted by molar-refractivity contribution is 7.90. The molecule has 18 heavy (non-hydrogen) atoms. The highest BCUT2D eigenvalue weighted by atomic mass is 32.2. The molecule has 6 heteroatoms. The van der Waals surface area contributed by atoms with Gasteiger partial charge in [0.2, 0.25) is 0 Å². The van der Waals surface area contributed by atoms with E-state index in [4.69, 9.17) is 0 Å². The number of nitrogens with one attached hydrogen (secondary N) is 1. The molecule has 2 rings (SSSR count). The Hall–Kier alpha value is -0.880. The smallest absolute Gasteiger partial charge is 0.149 e. The molecule has 0 aromatic carbocycles. The van der Waals surface area contributed by atoms with Gasteiger partial charge in [0.15, 0.2) is 0 Å². The van der Waals surface area contributed by atoms with Crippen LogP contribution in [-0.2, 0) is 22.9 Å². The first-order valence-corrected chi connectivity index (χ1v) is 8.37. The first-order chi connectivity index (χ1) is 8.37. The maximum atomic E-state index is 11.2. The molecular formula is C12H21N3O2S. The van der Waals surface area contributed by atoms with Gasteiger partial charge in [-0.15, -0.1) is 0 Å². The molecule has 1 saturated carbocycles. The zero-order valence-electron chi connectivity index (χ0n) is 11.2. The van der Waals surface area contributed by atoms with Crippen LogP contribution in [0.25, 0.3) is 0 Å². The molecule has 0 spiro atoms. The molecule has 0 amide bonds. The standard InChI is InChI=1S/C12H21N3O2S/c1-9-12(8-13-11-4-5-11)10(2)15(14-9)6-7-18(3,16)17/h11,13H,4-8H2,1-3H3. The fourth-order valence-electron chi connectivity index (χ4n) is 1.99. The highest BCUT2D eigenvalue weighted by Crippen LogP contribution is 2.21. The Morgan fingerprint density at radius 2 is 2.06 bits per heavy atom. The summed E-state index contributed by atoms with van der Waals surface area (Å²) in [6.07, 6.45) is 3.79. The van der Waals surface area contributed by atoms with Gasteiger partial charge in [-0.25, -0.2) is 8.42 Å². The van der Waals surface area contributed by atoms with E-state index in [2.05, 4.69) is 10.4 Å². The second kappa shape index (κ2) is 5.01. The van der Waals surface area contributed by atoms with Crippen LogP contribution in [0.15, 0.2) is 0 Å². The Kier molecular flexibility index (Phi) is 3.77. The zero-order valence-corrected chi connectivity index (χ0v) is 12.0. The minimum atomic E-state index is -2.93. The number of aromatic nitrogens is 2. The summed E-state index contributed by atoms with van der Waals surface area (Å²) in [6, 6.07) is 0.670. The lowest BCUT2D eigenvalue weighted by molar-refractivity contribution is 0.580. The van der Waals surface area contributed by atoms with Crippen molar-refractivity contribution in [1.29, 1.82) is 0 Å². The maximum Gasteiger partial charge on any atom is 0.149 e. The molecule has 0 unspecified atom stereocenters. The average molecular weight is 271 g/mol. The summed E-state index contributed by atoms with van der Waals surface area (Å²) in [4.78, 5) is 0. The predicted octanol–water partition coefficient (Wildman–Crippen LogP) is 0.797. The molecule has 0 saturated heterocycles. The Bertz CT molecular complexity index is 530. The summed E-state index contributed by atoms with van der Waals surface area (Å²) < 4.78 is 24.2. The topological polar surface area (TPSA) is 64.0 Å². The van der Waals surface area contributed by atoms with Gasteiger partial charge in [-0.1, -0.05) is 0 Å². The molecule has 102 valence electrons. The molecule has 1 heterocycles. The molecule has 5 nitrogen and oxygen atoms in total. The lowest BCUT2D eigenvalue weighted by Crippen LogP contribution is -2.17. The Labute approximate surface area is 108 Å². The SMILES string of the molecule is Cc1nn(CCS(C)(=O)=O)c(C)c1CNC1CC1. The van der Waals surface area contributed by atoms with Crippen LogP contribution in [0, 0.1) is 13.8 Å². The van der Waals surface area contributed by atoms with E-state index in [1.807, 2.05) is 13.8 Å². The molecule has 1 N–H and O–H groups in total. The quantitative estimate of drug-likeness (QED) is 0.831. The van der Waals surface area contributed by atoms with Crippen LogP contribution in [0.3, 0.4) is 0 Å². The average Bonchev–Trinajstić information content (AvgIpc) is 3.02. The fourth-order valence-corrected chi connectivity index (χ4v) is 2.50. The van der Waals surface area contributed by atoms with Crippen LogP contribution in [0.2, 0.25) is 0 Å². The van der Waals surface area contributed by atoms with E-state index in [0.29, 0.717) is 12.6 Å². The first-order valence-electron chi connectivity index (χ1n) is 6.31. The van der Waals surface area contributed by atoms with Crippen LogP contribution < -0.4 is 5.32 Å². The van der Waals surface area contributed by atoms with Crippen molar-refractivity contribution in [2.75, 3.05) is 12.0 Å². The van der Waals surface area contributed by atoms with Gasteiger partial charge < -0.3 is 5.32 Å². The van der Waals surface area contributed by atoms with Crippen molar-refractivity contribution in [3.05, 3.63) is 17.0 Å². The van der Waals surface area contributed by atoms with Crippen molar-refractivity contribution in [1.82, 2.24) is 15.1 Å². The largest absolute Gasteiger partial charge is 0.310 e. The normalized spacial score (nSPS) is 16.2. The molecule has 1 aliphatic carbocycles. The van der Waals surface area contributed by atoms with Gasteiger partial charge in [-0.2, -0.15) is 5.10 Å². The minimum absolute atomic E-state index is 0.143. The van der Waals surface area contributed by atoms with E-state index in [0.717, 1.165) is 17.9 Å². The van der Waals surface area contributed by atoms with Gasteiger partial charge in [0.05, 0.1) is 18.0 Å². The summed E-state index contributed by atoms with van der Waals surface area (Å²) in [5.74, 6) is 0.143. The molecule has 0 aliphatic heterocycles. The number of hydrogen-bond donors (Lipinski definition) is 1. The lowest BCUT2D eigenvalue weighted by atomic mass is 10.2. The van der Waals surface area contributed by atoms with Crippen molar-refractivity contribution in [2.45, 2.75) is 45.8 Å². The highest BCUT2D eigenvalue weighted by Gasteiger charge is 2.21. The molecule has 1 aromatic heterocycles. The fraction of sp³-hybridized carbons (Fsp3) is 0.750. The third-order valence-corrected chi connectivity index (χ3v) is 4.27. The summed E-state index contributed by atoms with van der Waals surface area (Å²) in [5, 5.41) is 7.89. The van der Waals surface area contributed by atoms with Crippen molar-refractivity contribution in [3.63, 3.8) is 0 Å². The summed E-state index contributed by atoms with van der Waals surface area (Å²) in [7, 11) is -2.93. The number of sulfone groups is 1. The monoisotopic (exact) mass is 271 g/mol. The maximum absolute atomic E-state index is 11.2. The Morgan fingerprint density at radius 3 is 2.61 bits per heavy atom. The second-order valence-electron chi connectivity index (χ2n) is 5.16. The molecule has 1 fully saturated rings. The molecule has 1 aliphatic rings. The van der Waals surface area contributed by atoms with Gasteiger partial charge in [0.25, 0.3) is 0 Å². The van der Waals surface area contributed by atoms with Gasteiger partial charge >= 0.3 is 0 Å². The number of aryl methyl sites for hydroxylation is 2. The van der Waals surface area contributed by atoms with Crippen molar-refractivity contribution >= 4 is 9.84 Å². The van der Waals surface area contributed by atoms with Crippen molar-refractivity contribution < 1.29 is 8.42 Å². The minimum Gasteiger partial charge on any atom is -0.310 e. The van der Waals surface area contributed by atoms with E-state index < -0.39 is 9.84 Å². The molecule has 0 bridgehead atoms. The third-order valence-electron chi connectivity index (χ3n) is 3.35. The zero-order chi connectivity index (χ0) is 13.3. The number of hydrogen-bond acceptors (Lipinski definition) is 4. The van der Waals surface area contributed by atoms with E-state index in [-0.39, 0.29) is 5.75 Å². The number of nitrogens with zero attached hydrogens (tertiary/aromatic N) is 2.